The summed E-state index contributed by atoms with van der Waals surface area (Å²) in [7, 11) is -3.71. The molecule has 3 aromatic rings. The van der Waals surface area contributed by atoms with E-state index in [9.17, 15) is 17.2 Å². The van der Waals surface area contributed by atoms with Crippen LogP contribution in [-0.2, 0) is 16.4 Å². The molecule has 1 aliphatic carbocycles. The molecule has 4 rings (SSSR count). The average Bonchev–Trinajstić information content (AvgIpc) is 3.34. The number of aryl methyl sites for hydroxylation is 1. The van der Waals surface area contributed by atoms with Crippen LogP contribution in [0.15, 0.2) is 60.0 Å². The van der Waals surface area contributed by atoms with Crippen LogP contribution in [0.25, 0.3) is 11.1 Å². The maximum atomic E-state index is 13.2. The van der Waals surface area contributed by atoms with Crippen LogP contribution in [0.3, 0.4) is 0 Å². The second-order valence-electron chi connectivity index (χ2n) is 8.13. The van der Waals surface area contributed by atoms with Gasteiger partial charge in [-0.15, -0.1) is 10.2 Å². The van der Waals surface area contributed by atoms with Crippen molar-refractivity contribution in [2.24, 2.45) is 0 Å². The average molecular weight is 477 g/mol. The molecule has 0 bridgehead atoms. The summed E-state index contributed by atoms with van der Waals surface area (Å²) in [6, 6.07) is 11.5. The molecule has 2 atom stereocenters. The second-order valence-corrected chi connectivity index (χ2v) is 9.81. The van der Waals surface area contributed by atoms with Gasteiger partial charge in [-0.3, -0.25) is 0 Å². The molecule has 0 saturated heterocycles. The Morgan fingerprint density at radius 2 is 1.79 bits per heavy atom. The lowest BCUT2D eigenvalue weighted by Gasteiger charge is -2.30. The van der Waals surface area contributed by atoms with Gasteiger partial charge in [-0.05, 0) is 73.1 Å². The molecular weight excluding hydrogens is 450 g/mol. The van der Waals surface area contributed by atoms with E-state index in [1.807, 2.05) is 17.6 Å². The Labute approximate surface area is 191 Å². The topological polar surface area (TPSA) is 86.1 Å². The third-order valence-corrected chi connectivity index (χ3v) is 7.59. The molecule has 1 aromatic heterocycles. The molecule has 0 aliphatic heterocycles. The van der Waals surface area contributed by atoms with Crippen molar-refractivity contribution in [3.05, 3.63) is 60.7 Å². The first-order valence-electron chi connectivity index (χ1n) is 10.9. The fraction of sp³-hybridized carbons (Fsp3) is 0.391. The molecule has 176 valence electrons. The predicted molar refractivity (Wildman–Crippen MR) is 120 cm³/mol. The molecule has 1 heterocycles. The van der Waals surface area contributed by atoms with Crippen molar-refractivity contribution < 1.29 is 21.9 Å². The highest BCUT2D eigenvalue weighted by atomic mass is 32.2. The number of hydrogen-bond donors (Lipinski definition) is 1. The van der Waals surface area contributed by atoms with Crippen molar-refractivity contribution in [1.82, 2.24) is 19.5 Å². The van der Waals surface area contributed by atoms with Crippen molar-refractivity contribution >= 4 is 10.0 Å². The van der Waals surface area contributed by atoms with Crippen molar-refractivity contribution in [3.8, 4) is 16.9 Å². The van der Waals surface area contributed by atoms with Gasteiger partial charge in [0.05, 0.1) is 4.90 Å². The molecular formula is C23H26F2N4O3S. The van der Waals surface area contributed by atoms with Gasteiger partial charge in [0.15, 0.2) is 0 Å². The number of rotatable bonds is 8. The smallest absolute Gasteiger partial charge is 0.387 e. The lowest BCUT2D eigenvalue weighted by atomic mass is 9.91. The first-order chi connectivity index (χ1) is 15.9. The Morgan fingerprint density at radius 3 is 2.45 bits per heavy atom. The van der Waals surface area contributed by atoms with Crippen molar-refractivity contribution in [2.75, 3.05) is 0 Å². The monoisotopic (exact) mass is 476 g/mol. The Bertz CT molecular complexity index is 1170. The van der Waals surface area contributed by atoms with E-state index < -0.39 is 16.6 Å². The number of aromatic nitrogens is 3. The van der Waals surface area contributed by atoms with Gasteiger partial charge in [-0.1, -0.05) is 25.1 Å². The molecule has 0 radical (unpaired) electrons. The maximum absolute atomic E-state index is 13.2. The summed E-state index contributed by atoms with van der Waals surface area (Å²) in [4.78, 5) is 0.262. The molecule has 1 N–H and O–H groups in total. The van der Waals surface area contributed by atoms with E-state index in [-0.39, 0.29) is 22.7 Å². The highest BCUT2D eigenvalue weighted by Crippen LogP contribution is 2.31. The zero-order valence-corrected chi connectivity index (χ0v) is 19.0. The molecule has 1 saturated carbocycles. The Hall–Kier alpha value is -2.85. The van der Waals surface area contributed by atoms with E-state index in [2.05, 4.69) is 19.7 Å². The van der Waals surface area contributed by atoms with Crippen molar-refractivity contribution in [1.29, 1.82) is 0 Å². The van der Waals surface area contributed by atoms with E-state index in [1.54, 1.807) is 36.9 Å². The second kappa shape index (κ2) is 9.96. The van der Waals surface area contributed by atoms with E-state index in [1.165, 1.54) is 12.1 Å². The van der Waals surface area contributed by atoms with E-state index in [4.69, 9.17) is 0 Å². The number of hydrogen-bond acceptors (Lipinski definition) is 5. The third-order valence-electron chi connectivity index (χ3n) is 5.97. The Kier molecular flexibility index (Phi) is 7.04. The number of sulfonamides is 1. The molecule has 7 nitrogen and oxygen atoms in total. The van der Waals surface area contributed by atoms with Gasteiger partial charge in [0.1, 0.15) is 18.4 Å². The zero-order chi connectivity index (χ0) is 23.4. The quantitative estimate of drug-likeness (QED) is 0.515. The van der Waals surface area contributed by atoms with Gasteiger partial charge in [0.25, 0.3) is 0 Å². The van der Waals surface area contributed by atoms with Crippen LogP contribution < -0.4 is 9.46 Å². The minimum atomic E-state index is -3.71. The molecule has 0 spiro atoms. The fourth-order valence-corrected chi connectivity index (χ4v) is 5.92. The van der Waals surface area contributed by atoms with Gasteiger partial charge in [-0.2, -0.15) is 8.78 Å². The summed E-state index contributed by atoms with van der Waals surface area (Å²) in [5.41, 5.74) is 2.28. The van der Waals surface area contributed by atoms with Gasteiger partial charge in [0, 0.05) is 12.1 Å². The molecule has 0 amide bonds. The van der Waals surface area contributed by atoms with Gasteiger partial charge >= 0.3 is 6.61 Å². The zero-order valence-electron chi connectivity index (χ0n) is 18.2. The normalized spacial score (nSPS) is 19.0. The van der Waals surface area contributed by atoms with Crippen LogP contribution in [0.1, 0.15) is 44.2 Å². The summed E-state index contributed by atoms with van der Waals surface area (Å²) >= 11 is 0. The van der Waals surface area contributed by atoms with E-state index >= 15 is 0 Å². The maximum Gasteiger partial charge on any atom is 0.387 e. The van der Waals surface area contributed by atoms with Crippen LogP contribution in [0.5, 0.6) is 5.75 Å². The van der Waals surface area contributed by atoms with Gasteiger partial charge in [0.2, 0.25) is 10.0 Å². The van der Waals surface area contributed by atoms with Gasteiger partial charge < -0.3 is 9.30 Å². The Morgan fingerprint density at radius 1 is 1.09 bits per heavy atom. The van der Waals surface area contributed by atoms with E-state index in [0.717, 1.165) is 30.4 Å². The molecule has 33 heavy (non-hydrogen) atoms. The molecule has 1 fully saturated rings. The predicted octanol–water partition coefficient (Wildman–Crippen LogP) is 4.57. The van der Waals surface area contributed by atoms with Crippen molar-refractivity contribution in [3.63, 3.8) is 0 Å². The fourth-order valence-electron chi connectivity index (χ4n) is 4.35. The molecule has 1 aliphatic rings. The molecule has 0 unspecified atom stereocenters. The van der Waals surface area contributed by atoms with Crippen LogP contribution >= 0.6 is 0 Å². The lowest BCUT2D eigenvalue weighted by Crippen LogP contribution is -2.39. The number of alkyl halides is 2. The Balaban J connectivity index is 1.51. The summed E-state index contributed by atoms with van der Waals surface area (Å²) in [6.07, 6.45) is 7.22. The first kappa shape index (κ1) is 23.3. The van der Waals surface area contributed by atoms with Crippen LogP contribution in [0.2, 0.25) is 0 Å². The minimum absolute atomic E-state index is 0.0742. The van der Waals surface area contributed by atoms with Crippen LogP contribution in [0, 0.1) is 0 Å². The number of ether oxygens (including phenoxy) is 1. The number of nitrogens with one attached hydrogen (secondary N) is 1. The highest BCUT2D eigenvalue weighted by Gasteiger charge is 2.28. The third kappa shape index (κ3) is 5.56. The highest BCUT2D eigenvalue weighted by molar-refractivity contribution is 7.89. The molecule has 10 heteroatoms. The first-order valence-corrected chi connectivity index (χ1v) is 12.4. The summed E-state index contributed by atoms with van der Waals surface area (Å²) < 4.78 is 60.4. The van der Waals surface area contributed by atoms with Gasteiger partial charge in [-0.25, -0.2) is 13.1 Å². The summed E-state index contributed by atoms with van der Waals surface area (Å²) in [6.45, 7) is -0.976. The van der Waals surface area contributed by atoms with Crippen LogP contribution in [-0.4, -0.2) is 35.8 Å². The SMILES string of the molecule is CCc1cc(-c2ccc(OC(F)F)cc2)ccc1S(=O)(=O)N[C@H]1CCC[C@@H](n2cnnc2)C1. The summed E-state index contributed by atoms with van der Waals surface area (Å²) in [5.74, 6) is 0.0742. The minimum Gasteiger partial charge on any atom is -0.435 e. The van der Waals surface area contributed by atoms with Crippen molar-refractivity contribution in [2.45, 2.75) is 62.6 Å². The lowest BCUT2D eigenvalue weighted by molar-refractivity contribution is -0.0498. The number of nitrogens with zero attached hydrogens (tertiary/aromatic N) is 3. The summed E-state index contributed by atoms with van der Waals surface area (Å²) in [5, 5.41) is 7.70. The van der Waals surface area contributed by atoms with E-state index in [0.29, 0.717) is 18.4 Å². The number of benzene rings is 2. The largest absolute Gasteiger partial charge is 0.435 e. The standard InChI is InChI=1S/C23H26F2N4O3S/c1-2-16-12-18(17-6-9-21(10-7-17)32-23(24)25)8-11-22(16)33(30,31)28-19-4-3-5-20(13-19)29-14-26-27-15-29/h6-12,14-15,19-20,23,28H,2-5,13H2,1H3/t19-,20+/m0/s1. The molecule has 2 aromatic carbocycles. The van der Waals surface area contributed by atoms with Crippen LogP contribution in [0.4, 0.5) is 8.78 Å². The number of halogens is 2.